The molecular weight excluding hydrogens is 360 g/mol. The molecule has 1 heterocycles. The first-order chi connectivity index (χ1) is 8.56. The SMILES string of the molecule is Cc1ccc(Br)cc1NC(=O)c1ccc(Br)cn1. The van der Waals surface area contributed by atoms with Crippen molar-refractivity contribution in [1.82, 2.24) is 4.98 Å². The average molecular weight is 370 g/mol. The molecule has 0 saturated heterocycles. The number of pyridine rings is 1. The minimum Gasteiger partial charge on any atom is -0.320 e. The Morgan fingerprint density at radius 1 is 1.17 bits per heavy atom. The van der Waals surface area contributed by atoms with Crippen LogP contribution in [-0.2, 0) is 0 Å². The van der Waals surface area contributed by atoms with E-state index in [1.165, 1.54) is 0 Å². The van der Waals surface area contributed by atoms with Crippen molar-refractivity contribution in [1.29, 1.82) is 0 Å². The van der Waals surface area contributed by atoms with Gasteiger partial charge >= 0.3 is 0 Å². The molecule has 0 atom stereocenters. The largest absolute Gasteiger partial charge is 0.320 e. The van der Waals surface area contributed by atoms with Crippen LogP contribution in [0, 0.1) is 6.92 Å². The Labute approximate surface area is 122 Å². The monoisotopic (exact) mass is 368 g/mol. The van der Waals surface area contributed by atoms with Crippen molar-refractivity contribution in [2.75, 3.05) is 5.32 Å². The lowest BCUT2D eigenvalue weighted by Crippen LogP contribution is -2.14. The summed E-state index contributed by atoms with van der Waals surface area (Å²) in [6.45, 7) is 1.94. The Kier molecular flexibility index (Phi) is 4.14. The number of anilines is 1. The van der Waals surface area contributed by atoms with E-state index in [-0.39, 0.29) is 5.91 Å². The molecule has 0 fully saturated rings. The molecule has 1 N–H and O–H groups in total. The van der Waals surface area contributed by atoms with Gasteiger partial charge in [-0.05, 0) is 52.7 Å². The highest BCUT2D eigenvalue weighted by Crippen LogP contribution is 2.21. The molecule has 0 bridgehead atoms. The number of nitrogens with one attached hydrogen (secondary N) is 1. The molecule has 1 aromatic carbocycles. The van der Waals surface area contributed by atoms with Gasteiger partial charge in [-0.1, -0.05) is 22.0 Å². The number of hydrogen-bond donors (Lipinski definition) is 1. The summed E-state index contributed by atoms with van der Waals surface area (Å²) < 4.78 is 1.77. The van der Waals surface area contributed by atoms with Crippen LogP contribution in [0.4, 0.5) is 5.69 Å². The second kappa shape index (κ2) is 5.63. The zero-order valence-electron chi connectivity index (χ0n) is 9.58. The topological polar surface area (TPSA) is 42.0 Å². The van der Waals surface area contributed by atoms with E-state index in [0.717, 1.165) is 20.2 Å². The molecule has 0 spiro atoms. The molecular formula is C13H10Br2N2O. The Hall–Kier alpha value is -1.20. The minimum absolute atomic E-state index is 0.219. The first-order valence-corrected chi connectivity index (χ1v) is 6.84. The van der Waals surface area contributed by atoms with Crippen LogP contribution >= 0.6 is 31.9 Å². The van der Waals surface area contributed by atoms with Crippen LogP contribution in [-0.4, -0.2) is 10.9 Å². The highest BCUT2D eigenvalue weighted by molar-refractivity contribution is 9.10. The second-order valence-corrected chi connectivity index (χ2v) is 5.61. The molecule has 5 heteroatoms. The molecule has 18 heavy (non-hydrogen) atoms. The van der Waals surface area contributed by atoms with E-state index in [4.69, 9.17) is 0 Å². The average Bonchev–Trinajstić information content (AvgIpc) is 2.34. The van der Waals surface area contributed by atoms with Gasteiger partial charge in [-0.2, -0.15) is 0 Å². The van der Waals surface area contributed by atoms with Crippen molar-refractivity contribution >= 4 is 43.5 Å². The van der Waals surface area contributed by atoms with Crippen LogP contribution < -0.4 is 5.32 Å². The third-order valence-corrected chi connectivity index (χ3v) is 3.37. The molecule has 2 rings (SSSR count). The number of aromatic nitrogens is 1. The summed E-state index contributed by atoms with van der Waals surface area (Å²) in [6.07, 6.45) is 1.60. The number of halogens is 2. The summed E-state index contributed by atoms with van der Waals surface area (Å²) in [5.41, 5.74) is 2.17. The van der Waals surface area contributed by atoms with E-state index in [1.807, 2.05) is 25.1 Å². The molecule has 0 unspecified atom stereocenters. The van der Waals surface area contributed by atoms with Gasteiger partial charge in [-0.25, -0.2) is 4.98 Å². The number of rotatable bonds is 2. The molecule has 0 radical (unpaired) electrons. The summed E-state index contributed by atoms with van der Waals surface area (Å²) >= 11 is 6.66. The van der Waals surface area contributed by atoms with E-state index in [9.17, 15) is 4.79 Å². The van der Waals surface area contributed by atoms with Crippen LogP contribution in [0.1, 0.15) is 16.1 Å². The number of amides is 1. The number of aryl methyl sites for hydroxylation is 1. The number of carbonyl (C=O) groups is 1. The molecule has 2 aromatic rings. The fraction of sp³-hybridized carbons (Fsp3) is 0.0769. The quantitative estimate of drug-likeness (QED) is 0.863. The van der Waals surface area contributed by atoms with Crippen LogP contribution in [0.2, 0.25) is 0 Å². The number of carbonyl (C=O) groups excluding carboxylic acids is 1. The molecule has 0 aliphatic heterocycles. The van der Waals surface area contributed by atoms with E-state index in [1.54, 1.807) is 18.3 Å². The molecule has 0 aliphatic rings. The summed E-state index contributed by atoms with van der Waals surface area (Å²) in [6, 6.07) is 9.20. The molecule has 1 aromatic heterocycles. The van der Waals surface area contributed by atoms with Gasteiger partial charge < -0.3 is 5.32 Å². The van der Waals surface area contributed by atoms with Gasteiger partial charge in [-0.15, -0.1) is 0 Å². The van der Waals surface area contributed by atoms with Crippen molar-refractivity contribution in [2.45, 2.75) is 6.92 Å². The maximum Gasteiger partial charge on any atom is 0.274 e. The maximum atomic E-state index is 12.0. The smallest absolute Gasteiger partial charge is 0.274 e. The Bertz CT molecular complexity index is 582. The molecule has 0 saturated carbocycles. The summed E-state index contributed by atoms with van der Waals surface area (Å²) in [4.78, 5) is 16.0. The zero-order chi connectivity index (χ0) is 13.1. The standard InChI is InChI=1S/C13H10Br2N2O/c1-8-2-3-9(14)6-12(8)17-13(18)11-5-4-10(15)7-16-11/h2-7H,1H3,(H,17,18). The van der Waals surface area contributed by atoms with Crippen molar-refractivity contribution in [3.8, 4) is 0 Å². The van der Waals surface area contributed by atoms with E-state index in [0.29, 0.717) is 5.69 Å². The fourth-order valence-electron chi connectivity index (χ4n) is 1.43. The highest BCUT2D eigenvalue weighted by Gasteiger charge is 2.09. The van der Waals surface area contributed by atoms with E-state index in [2.05, 4.69) is 42.2 Å². The van der Waals surface area contributed by atoms with E-state index < -0.39 is 0 Å². The van der Waals surface area contributed by atoms with Crippen molar-refractivity contribution < 1.29 is 4.79 Å². The van der Waals surface area contributed by atoms with Gasteiger partial charge in [0.1, 0.15) is 5.69 Å². The lowest BCUT2D eigenvalue weighted by molar-refractivity contribution is 0.102. The molecule has 92 valence electrons. The van der Waals surface area contributed by atoms with Gasteiger partial charge in [-0.3, -0.25) is 4.79 Å². The molecule has 1 amide bonds. The first kappa shape index (κ1) is 13.2. The fourth-order valence-corrected chi connectivity index (χ4v) is 2.02. The van der Waals surface area contributed by atoms with Crippen molar-refractivity contribution in [3.05, 3.63) is 56.7 Å². The summed E-state index contributed by atoms with van der Waals surface area (Å²) in [7, 11) is 0. The van der Waals surface area contributed by atoms with Crippen LogP contribution in [0.3, 0.4) is 0 Å². The first-order valence-electron chi connectivity index (χ1n) is 5.25. The number of benzene rings is 1. The van der Waals surface area contributed by atoms with Crippen molar-refractivity contribution in [3.63, 3.8) is 0 Å². The number of hydrogen-bond acceptors (Lipinski definition) is 2. The predicted octanol–water partition coefficient (Wildman–Crippen LogP) is 4.17. The maximum absolute atomic E-state index is 12.0. The minimum atomic E-state index is -0.219. The summed E-state index contributed by atoms with van der Waals surface area (Å²) in [5.74, 6) is -0.219. The van der Waals surface area contributed by atoms with Crippen molar-refractivity contribution in [2.24, 2.45) is 0 Å². The predicted molar refractivity (Wildman–Crippen MR) is 78.8 cm³/mol. The van der Waals surface area contributed by atoms with Crippen LogP contribution in [0.15, 0.2) is 45.5 Å². The zero-order valence-corrected chi connectivity index (χ0v) is 12.7. The summed E-state index contributed by atoms with van der Waals surface area (Å²) in [5, 5.41) is 2.84. The molecule has 0 aliphatic carbocycles. The van der Waals surface area contributed by atoms with Crippen LogP contribution in [0.5, 0.6) is 0 Å². The van der Waals surface area contributed by atoms with Gasteiger partial charge in [0.2, 0.25) is 0 Å². The molecule has 3 nitrogen and oxygen atoms in total. The lowest BCUT2D eigenvalue weighted by atomic mass is 10.2. The Morgan fingerprint density at radius 2 is 1.89 bits per heavy atom. The van der Waals surface area contributed by atoms with Gasteiger partial charge in [0.15, 0.2) is 0 Å². The second-order valence-electron chi connectivity index (χ2n) is 3.78. The Morgan fingerprint density at radius 3 is 2.56 bits per heavy atom. The normalized spacial score (nSPS) is 10.2. The van der Waals surface area contributed by atoms with Gasteiger partial charge in [0.25, 0.3) is 5.91 Å². The third kappa shape index (κ3) is 3.17. The van der Waals surface area contributed by atoms with E-state index >= 15 is 0 Å². The third-order valence-electron chi connectivity index (χ3n) is 2.41. The van der Waals surface area contributed by atoms with Crippen LogP contribution in [0.25, 0.3) is 0 Å². The van der Waals surface area contributed by atoms with Gasteiger partial charge in [0.05, 0.1) is 0 Å². The number of nitrogens with zero attached hydrogens (tertiary/aromatic N) is 1. The Balaban J connectivity index is 2.21. The van der Waals surface area contributed by atoms with Gasteiger partial charge in [0, 0.05) is 20.8 Å². The lowest BCUT2D eigenvalue weighted by Gasteiger charge is -2.08. The highest BCUT2D eigenvalue weighted by atomic mass is 79.9.